The zero-order valence-corrected chi connectivity index (χ0v) is 11.7. The summed E-state index contributed by atoms with van der Waals surface area (Å²) >= 11 is 0. The van der Waals surface area contributed by atoms with Crippen molar-refractivity contribution in [1.82, 2.24) is 9.97 Å². The molecule has 1 aromatic carbocycles. The van der Waals surface area contributed by atoms with Crippen molar-refractivity contribution in [2.24, 2.45) is 5.73 Å². The van der Waals surface area contributed by atoms with Crippen LogP contribution >= 0.6 is 0 Å². The third-order valence-corrected chi connectivity index (χ3v) is 4.03. The van der Waals surface area contributed by atoms with Gasteiger partial charge in [-0.2, -0.15) is 0 Å². The fourth-order valence-corrected chi connectivity index (χ4v) is 2.80. The van der Waals surface area contributed by atoms with Gasteiger partial charge in [0.2, 0.25) is 5.88 Å². The molecule has 0 amide bonds. The fraction of sp³-hybridized carbons (Fsp3) is 0.500. The predicted molar refractivity (Wildman–Crippen MR) is 79.7 cm³/mol. The maximum Gasteiger partial charge on any atom is 0.232 e. The zero-order valence-electron chi connectivity index (χ0n) is 11.7. The average molecular weight is 271 g/mol. The van der Waals surface area contributed by atoms with E-state index in [4.69, 9.17) is 10.5 Å². The van der Waals surface area contributed by atoms with Crippen molar-refractivity contribution in [2.45, 2.75) is 44.1 Å². The first-order valence-electron chi connectivity index (χ1n) is 7.39. The minimum atomic E-state index is -0.205. The number of nitrogens with two attached hydrogens (primary N) is 1. The molecule has 20 heavy (non-hydrogen) atoms. The number of hydrogen-bond acceptors (Lipinski definition) is 4. The minimum Gasteiger partial charge on any atom is -0.475 e. The molecule has 0 aliphatic heterocycles. The van der Waals surface area contributed by atoms with Crippen molar-refractivity contribution in [3.05, 3.63) is 30.5 Å². The van der Waals surface area contributed by atoms with Crippen LogP contribution in [0.3, 0.4) is 0 Å². The van der Waals surface area contributed by atoms with Crippen molar-refractivity contribution in [3.8, 4) is 5.88 Å². The van der Waals surface area contributed by atoms with Crippen LogP contribution in [0, 0.1) is 0 Å². The van der Waals surface area contributed by atoms with E-state index in [1.54, 1.807) is 6.20 Å². The number of benzene rings is 1. The van der Waals surface area contributed by atoms with Crippen LogP contribution < -0.4 is 10.5 Å². The molecule has 1 aromatic heterocycles. The zero-order chi connectivity index (χ0) is 13.8. The lowest BCUT2D eigenvalue weighted by Gasteiger charge is -2.27. The third kappa shape index (κ3) is 3.07. The summed E-state index contributed by atoms with van der Waals surface area (Å²) in [6, 6.07) is 7.80. The summed E-state index contributed by atoms with van der Waals surface area (Å²) in [5.41, 5.74) is 7.99. The van der Waals surface area contributed by atoms with Gasteiger partial charge in [0.05, 0.1) is 22.8 Å². The summed E-state index contributed by atoms with van der Waals surface area (Å²) in [7, 11) is 0. The summed E-state index contributed by atoms with van der Waals surface area (Å²) in [6.45, 7) is 0.528. The molecule has 0 spiro atoms. The fourth-order valence-electron chi connectivity index (χ4n) is 2.80. The van der Waals surface area contributed by atoms with Gasteiger partial charge in [0.15, 0.2) is 0 Å². The van der Waals surface area contributed by atoms with E-state index in [2.05, 4.69) is 9.97 Å². The highest BCUT2D eigenvalue weighted by Gasteiger charge is 2.27. The first-order valence-corrected chi connectivity index (χ1v) is 7.39. The lowest BCUT2D eigenvalue weighted by atomic mass is 9.93. The van der Waals surface area contributed by atoms with E-state index >= 15 is 0 Å². The summed E-state index contributed by atoms with van der Waals surface area (Å²) in [6.07, 6.45) is 8.72. The Kier molecular flexibility index (Phi) is 3.83. The van der Waals surface area contributed by atoms with Crippen LogP contribution in [0.4, 0.5) is 0 Å². The van der Waals surface area contributed by atoms with Crippen molar-refractivity contribution in [1.29, 1.82) is 0 Å². The van der Waals surface area contributed by atoms with E-state index in [9.17, 15) is 0 Å². The second-order valence-electron chi connectivity index (χ2n) is 5.76. The highest BCUT2D eigenvalue weighted by molar-refractivity contribution is 5.73. The Bertz CT molecular complexity index is 577. The molecule has 2 aromatic rings. The Morgan fingerprint density at radius 1 is 1.05 bits per heavy atom. The van der Waals surface area contributed by atoms with Gasteiger partial charge in [0.25, 0.3) is 0 Å². The van der Waals surface area contributed by atoms with E-state index in [0.717, 1.165) is 23.9 Å². The van der Waals surface area contributed by atoms with Gasteiger partial charge < -0.3 is 10.5 Å². The molecule has 106 valence electrons. The normalized spacial score (nSPS) is 18.6. The van der Waals surface area contributed by atoms with Crippen LogP contribution in [0.25, 0.3) is 11.0 Å². The van der Waals surface area contributed by atoms with Crippen LogP contribution in [-0.4, -0.2) is 22.1 Å². The van der Waals surface area contributed by atoms with E-state index in [1.807, 2.05) is 24.3 Å². The Balaban J connectivity index is 1.69. The maximum absolute atomic E-state index is 6.45. The molecule has 0 atom stereocenters. The third-order valence-electron chi connectivity index (χ3n) is 4.03. The van der Waals surface area contributed by atoms with E-state index in [-0.39, 0.29) is 5.54 Å². The summed E-state index contributed by atoms with van der Waals surface area (Å²) in [4.78, 5) is 8.83. The largest absolute Gasteiger partial charge is 0.475 e. The van der Waals surface area contributed by atoms with Gasteiger partial charge in [-0.1, -0.05) is 37.8 Å². The van der Waals surface area contributed by atoms with Gasteiger partial charge in [0.1, 0.15) is 6.61 Å². The molecule has 0 radical (unpaired) electrons. The number of nitrogens with zero attached hydrogens (tertiary/aromatic N) is 2. The number of rotatable bonds is 3. The van der Waals surface area contributed by atoms with Crippen molar-refractivity contribution >= 4 is 11.0 Å². The predicted octanol–water partition coefficient (Wildman–Crippen LogP) is 3.06. The molecule has 1 aliphatic rings. The summed E-state index contributed by atoms with van der Waals surface area (Å²) in [5.74, 6) is 0.567. The first kappa shape index (κ1) is 13.3. The van der Waals surface area contributed by atoms with Crippen LogP contribution in [-0.2, 0) is 0 Å². The van der Waals surface area contributed by atoms with Crippen LogP contribution in [0.15, 0.2) is 30.5 Å². The molecular formula is C16H21N3O. The van der Waals surface area contributed by atoms with Crippen molar-refractivity contribution < 1.29 is 4.74 Å². The highest BCUT2D eigenvalue weighted by Crippen LogP contribution is 2.25. The number of fused-ring (bicyclic) bond motifs is 1. The van der Waals surface area contributed by atoms with E-state index in [0.29, 0.717) is 12.5 Å². The Morgan fingerprint density at radius 2 is 1.75 bits per heavy atom. The maximum atomic E-state index is 6.45. The van der Waals surface area contributed by atoms with Gasteiger partial charge in [-0.3, -0.25) is 0 Å². The number of aromatic nitrogens is 2. The smallest absolute Gasteiger partial charge is 0.232 e. The van der Waals surface area contributed by atoms with Crippen molar-refractivity contribution in [2.75, 3.05) is 6.61 Å². The minimum absolute atomic E-state index is 0.205. The second-order valence-corrected chi connectivity index (χ2v) is 5.76. The van der Waals surface area contributed by atoms with E-state index in [1.165, 1.54) is 25.7 Å². The lowest BCUT2D eigenvalue weighted by Crippen LogP contribution is -2.45. The number of para-hydroxylation sites is 2. The molecule has 1 heterocycles. The summed E-state index contributed by atoms with van der Waals surface area (Å²) in [5, 5.41) is 0. The molecule has 1 fully saturated rings. The van der Waals surface area contributed by atoms with Crippen molar-refractivity contribution in [3.63, 3.8) is 0 Å². The lowest BCUT2D eigenvalue weighted by molar-refractivity contribution is 0.193. The van der Waals surface area contributed by atoms with E-state index < -0.39 is 0 Å². The Morgan fingerprint density at radius 3 is 2.50 bits per heavy atom. The van der Waals surface area contributed by atoms with Gasteiger partial charge in [0, 0.05) is 0 Å². The Hall–Kier alpha value is -1.68. The summed E-state index contributed by atoms with van der Waals surface area (Å²) < 4.78 is 5.81. The van der Waals surface area contributed by atoms with Gasteiger partial charge in [-0.25, -0.2) is 9.97 Å². The number of ether oxygens (including phenoxy) is 1. The highest BCUT2D eigenvalue weighted by atomic mass is 16.5. The monoisotopic (exact) mass is 271 g/mol. The molecule has 4 heteroatoms. The molecule has 1 aliphatic carbocycles. The molecule has 4 nitrogen and oxygen atoms in total. The van der Waals surface area contributed by atoms with Crippen LogP contribution in [0.2, 0.25) is 0 Å². The first-order chi connectivity index (χ1) is 9.75. The molecule has 0 saturated heterocycles. The SMILES string of the molecule is NC1(COc2cnc3ccccc3n2)CCCCCC1. The van der Waals surface area contributed by atoms with Gasteiger partial charge in [-0.15, -0.1) is 0 Å². The number of hydrogen-bond donors (Lipinski definition) is 1. The quantitative estimate of drug-likeness (QED) is 0.872. The van der Waals surface area contributed by atoms with Crippen LogP contribution in [0.5, 0.6) is 5.88 Å². The molecule has 2 N–H and O–H groups in total. The molecule has 3 rings (SSSR count). The molecule has 0 bridgehead atoms. The molecule has 1 saturated carbocycles. The van der Waals surface area contributed by atoms with Gasteiger partial charge in [-0.05, 0) is 25.0 Å². The van der Waals surface area contributed by atoms with Crippen LogP contribution in [0.1, 0.15) is 38.5 Å². The molecular weight excluding hydrogens is 250 g/mol. The standard InChI is InChI=1S/C16H21N3O/c17-16(9-5-1-2-6-10-16)12-20-15-11-18-13-7-3-4-8-14(13)19-15/h3-4,7-8,11H,1-2,5-6,9-10,12,17H2. The average Bonchev–Trinajstić information content (AvgIpc) is 2.70. The second kappa shape index (κ2) is 5.75. The van der Waals surface area contributed by atoms with Gasteiger partial charge >= 0.3 is 0 Å². The Labute approximate surface area is 119 Å². The molecule has 0 unspecified atom stereocenters. The topological polar surface area (TPSA) is 61.0 Å².